The van der Waals surface area contributed by atoms with Crippen LogP contribution in [-0.2, 0) is 6.54 Å². The van der Waals surface area contributed by atoms with Crippen molar-refractivity contribution in [3.05, 3.63) is 33.9 Å². The Hall–Kier alpha value is -1.62. The maximum Gasteiger partial charge on any atom is 0.273 e. The molecule has 1 aliphatic rings. The van der Waals surface area contributed by atoms with Gasteiger partial charge >= 0.3 is 0 Å². The van der Waals surface area contributed by atoms with E-state index in [0.717, 1.165) is 23.9 Å². The molecule has 110 valence electrons. The molecular formula is C15H22N2O3. The molecule has 0 bridgehead atoms. The van der Waals surface area contributed by atoms with E-state index >= 15 is 0 Å². The molecular weight excluding hydrogens is 256 g/mol. The van der Waals surface area contributed by atoms with Crippen LogP contribution in [-0.4, -0.2) is 18.6 Å². The summed E-state index contributed by atoms with van der Waals surface area (Å²) in [7, 11) is 1.52. The minimum absolute atomic E-state index is 0.0793. The normalized spacial score (nSPS) is 21.9. The van der Waals surface area contributed by atoms with E-state index in [1.807, 2.05) is 6.07 Å². The lowest BCUT2D eigenvalue weighted by Crippen LogP contribution is -2.21. The van der Waals surface area contributed by atoms with Gasteiger partial charge in [-0.1, -0.05) is 13.3 Å². The molecule has 0 amide bonds. The first kappa shape index (κ1) is 14.8. The van der Waals surface area contributed by atoms with Gasteiger partial charge in [-0.25, -0.2) is 0 Å². The Kier molecular flexibility index (Phi) is 4.95. The molecule has 1 saturated carbocycles. The van der Waals surface area contributed by atoms with Gasteiger partial charge in [-0.2, -0.15) is 0 Å². The van der Waals surface area contributed by atoms with Crippen molar-refractivity contribution in [2.24, 2.45) is 11.8 Å². The van der Waals surface area contributed by atoms with E-state index in [0.29, 0.717) is 12.3 Å². The van der Waals surface area contributed by atoms with Crippen molar-refractivity contribution < 1.29 is 9.66 Å². The van der Waals surface area contributed by atoms with Crippen molar-refractivity contribution in [1.82, 2.24) is 5.32 Å². The molecule has 20 heavy (non-hydrogen) atoms. The van der Waals surface area contributed by atoms with Crippen molar-refractivity contribution >= 4 is 5.69 Å². The predicted molar refractivity (Wildman–Crippen MR) is 77.9 cm³/mol. The first-order valence-corrected chi connectivity index (χ1v) is 7.11. The molecule has 0 spiro atoms. The number of nitrogens with one attached hydrogen (secondary N) is 1. The van der Waals surface area contributed by atoms with E-state index in [9.17, 15) is 10.1 Å². The third-order valence-corrected chi connectivity index (χ3v) is 3.96. The first-order valence-electron chi connectivity index (χ1n) is 7.11. The molecule has 0 aromatic heterocycles. The maximum absolute atomic E-state index is 10.9. The molecule has 1 fully saturated rings. The van der Waals surface area contributed by atoms with Crippen molar-refractivity contribution in [2.45, 2.75) is 32.7 Å². The lowest BCUT2D eigenvalue weighted by atomic mass is 10.1. The molecule has 0 aliphatic heterocycles. The highest BCUT2D eigenvalue weighted by Gasteiger charge is 2.20. The van der Waals surface area contributed by atoms with Crippen molar-refractivity contribution in [2.75, 3.05) is 13.7 Å². The number of non-ortho nitro benzene ring substituents is 1. The van der Waals surface area contributed by atoms with Crippen LogP contribution in [0.3, 0.4) is 0 Å². The van der Waals surface area contributed by atoms with Crippen LogP contribution in [0.4, 0.5) is 5.69 Å². The Morgan fingerprint density at radius 3 is 2.80 bits per heavy atom. The van der Waals surface area contributed by atoms with Crippen LogP contribution in [0.25, 0.3) is 0 Å². The second kappa shape index (κ2) is 6.70. The van der Waals surface area contributed by atoms with Crippen molar-refractivity contribution in [1.29, 1.82) is 0 Å². The number of ether oxygens (including phenoxy) is 1. The summed E-state index contributed by atoms with van der Waals surface area (Å²) in [5, 5.41) is 14.3. The molecule has 5 nitrogen and oxygen atoms in total. The number of methoxy groups -OCH3 is 1. The number of nitro groups is 1. The summed E-state index contributed by atoms with van der Waals surface area (Å²) in [6.45, 7) is 3.92. The summed E-state index contributed by atoms with van der Waals surface area (Å²) in [6, 6.07) is 4.90. The highest BCUT2D eigenvalue weighted by atomic mass is 16.6. The predicted octanol–water partition coefficient (Wildman–Crippen LogP) is 3.13. The third-order valence-electron chi connectivity index (χ3n) is 3.96. The summed E-state index contributed by atoms with van der Waals surface area (Å²) in [6.07, 6.45) is 3.88. The van der Waals surface area contributed by atoms with Crippen LogP contribution in [0, 0.1) is 22.0 Å². The van der Waals surface area contributed by atoms with Gasteiger partial charge in [-0.3, -0.25) is 10.1 Å². The van der Waals surface area contributed by atoms with Crippen LogP contribution in [0.1, 0.15) is 31.7 Å². The maximum atomic E-state index is 10.9. The highest BCUT2D eigenvalue weighted by molar-refractivity contribution is 5.42. The van der Waals surface area contributed by atoms with Gasteiger partial charge in [0.25, 0.3) is 5.69 Å². The lowest BCUT2D eigenvalue weighted by Gasteiger charge is -2.11. The number of nitrogens with zero attached hydrogens (tertiary/aromatic N) is 1. The Morgan fingerprint density at radius 1 is 1.40 bits per heavy atom. The minimum atomic E-state index is -0.384. The molecule has 2 atom stereocenters. The summed E-state index contributed by atoms with van der Waals surface area (Å²) in [4.78, 5) is 10.5. The van der Waals surface area contributed by atoms with E-state index in [1.165, 1.54) is 32.4 Å². The van der Waals surface area contributed by atoms with Crippen molar-refractivity contribution in [3.8, 4) is 5.75 Å². The molecule has 0 heterocycles. The van der Waals surface area contributed by atoms with Crippen LogP contribution in [0.5, 0.6) is 5.75 Å². The van der Waals surface area contributed by atoms with Gasteiger partial charge in [-0.15, -0.1) is 0 Å². The van der Waals surface area contributed by atoms with Gasteiger partial charge in [0.2, 0.25) is 0 Å². The van der Waals surface area contributed by atoms with Crippen LogP contribution < -0.4 is 10.1 Å². The zero-order chi connectivity index (χ0) is 14.5. The number of nitro benzene ring substituents is 1. The summed E-state index contributed by atoms with van der Waals surface area (Å²) >= 11 is 0. The van der Waals surface area contributed by atoms with Gasteiger partial charge < -0.3 is 10.1 Å². The number of hydrogen-bond donors (Lipinski definition) is 1. The van der Waals surface area contributed by atoms with E-state index in [4.69, 9.17) is 4.74 Å². The average molecular weight is 278 g/mol. The number of rotatable bonds is 6. The van der Waals surface area contributed by atoms with Crippen LogP contribution in [0.2, 0.25) is 0 Å². The Labute approximate surface area is 119 Å². The zero-order valence-corrected chi connectivity index (χ0v) is 12.1. The quantitative estimate of drug-likeness (QED) is 0.641. The standard InChI is InChI=1S/C15H22N2O3/c1-11-3-4-12(5-11)9-16-10-13-6-14(17(18)19)8-15(7-13)20-2/h6-8,11-12,16H,3-5,9-10H2,1-2H3. The molecule has 0 saturated heterocycles. The Bertz CT molecular complexity index is 476. The van der Waals surface area contributed by atoms with Crippen LogP contribution >= 0.6 is 0 Å². The zero-order valence-electron chi connectivity index (χ0n) is 12.1. The summed E-state index contributed by atoms with van der Waals surface area (Å²) in [5.74, 6) is 2.11. The van der Waals surface area contributed by atoms with Gasteiger partial charge in [0, 0.05) is 12.6 Å². The molecule has 5 heteroatoms. The Balaban J connectivity index is 1.91. The fraction of sp³-hybridized carbons (Fsp3) is 0.600. The van der Waals surface area contributed by atoms with E-state index in [1.54, 1.807) is 6.07 Å². The molecule has 1 aromatic rings. The average Bonchev–Trinajstić information content (AvgIpc) is 2.84. The minimum Gasteiger partial charge on any atom is -0.496 e. The van der Waals surface area contributed by atoms with Gasteiger partial charge in [0.15, 0.2) is 0 Å². The monoisotopic (exact) mass is 278 g/mol. The number of benzene rings is 1. The second-order valence-electron chi connectivity index (χ2n) is 5.71. The molecule has 1 aliphatic carbocycles. The van der Waals surface area contributed by atoms with Crippen LogP contribution in [0.15, 0.2) is 18.2 Å². The topological polar surface area (TPSA) is 64.4 Å². The second-order valence-corrected chi connectivity index (χ2v) is 5.71. The third kappa shape index (κ3) is 3.93. The molecule has 2 rings (SSSR count). The largest absolute Gasteiger partial charge is 0.496 e. The van der Waals surface area contributed by atoms with Crippen molar-refractivity contribution in [3.63, 3.8) is 0 Å². The molecule has 1 aromatic carbocycles. The first-order chi connectivity index (χ1) is 9.58. The number of hydrogen-bond acceptors (Lipinski definition) is 4. The van der Waals surface area contributed by atoms with E-state index in [2.05, 4.69) is 12.2 Å². The van der Waals surface area contributed by atoms with Gasteiger partial charge in [0.05, 0.1) is 18.1 Å². The van der Waals surface area contributed by atoms with Gasteiger partial charge in [0.1, 0.15) is 5.75 Å². The fourth-order valence-electron chi connectivity index (χ4n) is 2.90. The molecule has 2 unspecified atom stereocenters. The van der Waals surface area contributed by atoms with E-state index in [-0.39, 0.29) is 10.6 Å². The summed E-state index contributed by atoms with van der Waals surface area (Å²) < 4.78 is 5.11. The SMILES string of the molecule is COc1cc(CNCC2CCC(C)C2)cc([N+](=O)[O-])c1. The van der Waals surface area contributed by atoms with E-state index < -0.39 is 0 Å². The molecule has 0 radical (unpaired) electrons. The Morgan fingerprint density at radius 2 is 2.20 bits per heavy atom. The molecule has 1 N–H and O–H groups in total. The smallest absolute Gasteiger partial charge is 0.273 e. The fourth-order valence-corrected chi connectivity index (χ4v) is 2.90. The highest BCUT2D eigenvalue weighted by Crippen LogP contribution is 2.29. The summed E-state index contributed by atoms with van der Waals surface area (Å²) in [5.41, 5.74) is 0.970. The lowest BCUT2D eigenvalue weighted by molar-refractivity contribution is -0.385. The van der Waals surface area contributed by atoms with Gasteiger partial charge in [-0.05, 0) is 42.9 Å².